The lowest BCUT2D eigenvalue weighted by Crippen LogP contribution is -2.34. The van der Waals surface area contributed by atoms with Crippen LogP contribution in [0.25, 0.3) is 11.3 Å². The predicted molar refractivity (Wildman–Crippen MR) is 93.5 cm³/mol. The number of carbonyl (C=O) groups is 1. The van der Waals surface area contributed by atoms with E-state index >= 15 is 0 Å². The van der Waals surface area contributed by atoms with Gasteiger partial charge in [0.05, 0.1) is 5.69 Å². The summed E-state index contributed by atoms with van der Waals surface area (Å²) in [4.78, 5) is 16.4. The van der Waals surface area contributed by atoms with Gasteiger partial charge in [-0.25, -0.2) is 4.98 Å². The first-order valence-electron chi connectivity index (χ1n) is 8.30. The van der Waals surface area contributed by atoms with Crippen LogP contribution in [0.2, 0.25) is 0 Å². The van der Waals surface area contributed by atoms with Gasteiger partial charge in [0, 0.05) is 31.6 Å². The summed E-state index contributed by atoms with van der Waals surface area (Å²) in [5.74, 6) is 1.31. The van der Waals surface area contributed by atoms with Crippen LogP contribution in [0.15, 0.2) is 34.7 Å². The van der Waals surface area contributed by atoms with Crippen molar-refractivity contribution in [3.63, 3.8) is 0 Å². The van der Waals surface area contributed by atoms with Crippen LogP contribution in [0, 0.1) is 12.3 Å². The SMILES string of the molecule is Cc1nc(CCC(=O)NCC(C)(C)CCO)oc1-c1ccccc1. The molecule has 5 heteroatoms. The number of amides is 1. The van der Waals surface area contributed by atoms with Crippen molar-refractivity contribution in [2.45, 2.75) is 40.0 Å². The molecule has 0 saturated heterocycles. The highest BCUT2D eigenvalue weighted by Gasteiger charge is 2.18. The van der Waals surface area contributed by atoms with Gasteiger partial charge in [0.2, 0.25) is 5.91 Å². The molecule has 2 rings (SSSR count). The molecule has 0 aliphatic carbocycles. The number of aliphatic hydroxyl groups is 1. The van der Waals surface area contributed by atoms with Gasteiger partial charge >= 0.3 is 0 Å². The number of aryl methyl sites for hydroxylation is 2. The number of nitrogens with one attached hydrogen (secondary N) is 1. The van der Waals surface area contributed by atoms with E-state index in [0.717, 1.165) is 17.0 Å². The number of aromatic nitrogens is 1. The fourth-order valence-corrected chi connectivity index (χ4v) is 2.45. The maximum Gasteiger partial charge on any atom is 0.220 e. The number of hydrogen-bond donors (Lipinski definition) is 2. The second kappa shape index (κ2) is 8.11. The van der Waals surface area contributed by atoms with Crippen molar-refractivity contribution < 1.29 is 14.3 Å². The number of carbonyl (C=O) groups excluding carboxylic acids is 1. The highest BCUT2D eigenvalue weighted by atomic mass is 16.4. The van der Waals surface area contributed by atoms with Crippen LogP contribution >= 0.6 is 0 Å². The van der Waals surface area contributed by atoms with Crippen molar-refractivity contribution in [1.29, 1.82) is 0 Å². The quantitative estimate of drug-likeness (QED) is 0.780. The molecule has 0 fully saturated rings. The Morgan fingerprint density at radius 3 is 2.67 bits per heavy atom. The lowest BCUT2D eigenvalue weighted by molar-refractivity contribution is -0.121. The van der Waals surface area contributed by atoms with E-state index in [1.54, 1.807) is 0 Å². The Kier molecular flexibility index (Phi) is 6.15. The van der Waals surface area contributed by atoms with Crippen LogP contribution in [0.1, 0.15) is 38.3 Å². The highest BCUT2D eigenvalue weighted by Crippen LogP contribution is 2.24. The Morgan fingerprint density at radius 1 is 1.29 bits per heavy atom. The molecular formula is C19H26N2O3. The van der Waals surface area contributed by atoms with Gasteiger partial charge in [-0.3, -0.25) is 4.79 Å². The summed E-state index contributed by atoms with van der Waals surface area (Å²) >= 11 is 0. The molecule has 0 saturated carbocycles. The van der Waals surface area contributed by atoms with Gasteiger partial charge in [-0.15, -0.1) is 0 Å². The van der Waals surface area contributed by atoms with Gasteiger partial charge in [-0.1, -0.05) is 44.2 Å². The maximum absolute atomic E-state index is 12.0. The summed E-state index contributed by atoms with van der Waals surface area (Å²) in [7, 11) is 0. The van der Waals surface area contributed by atoms with Gasteiger partial charge in [0.1, 0.15) is 0 Å². The minimum Gasteiger partial charge on any atom is -0.440 e. The molecule has 0 bridgehead atoms. The normalized spacial score (nSPS) is 11.5. The monoisotopic (exact) mass is 330 g/mol. The molecular weight excluding hydrogens is 304 g/mol. The van der Waals surface area contributed by atoms with Crippen molar-refractivity contribution in [2.75, 3.05) is 13.2 Å². The zero-order chi connectivity index (χ0) is 17.6. The standard InChI is InChI=1S/C19H26N2O3/c1-14-18(15-7-5-4-6-8-15)24-17(21-14)10-9-16(23)20-13-19(2,3)11-12-22/h4-8,22H,9-13H2,1-3H3,(H,20,23). The number of benzene rings is 1. The fraction of sp³-hybridized carbons (Fsp3) is 0.474. The predicted octanol–water partition coefficient (Wildman–Crippen LogP) is 3.11. The van der Waals surface area contributed by atoms with Gasteiger partial charge in [-0.05, 0) is 18.8 Å². The van der Waals surface area contributed by atoms with E-state index in [0.29, 0.717) is 31.7 Å². The fourth-order valence-electron chi connectivity index (χ4n) is 2.45. The summed E-state index contributed by atoms with van der Waals surface area (Å²) in [6, 6.07) is 9.83. The third kappa shape index (κ3) is 5.20. The Hall–Kier alpha value is -2.14. The van der Waals surface area contributed by atoms with E-state index in [1.807, 2.05) is 51.1 Å². The first kappa shape index (κ1) is 18.2. The summed E-state index contributed by atoms with van der Waals surface area (Å²) in [6.07, 6.45) is 1.47. The van der Waals surface area contributed by atoms with Crippen LogP contribution in [-0.2, 0) is 11.2 Å². The second-order valence-electron chi connectivity index (χ2n) is 6.80. The Morgan fingerprint density at radius 2 is 2.00 bits per heavy atom. The zero-order valence-corrected chi connectivity index (χ0v) is 14.6. The summed E-state index contributed by atoms with van der Waals surface area (Å²) in [5.41, 5.74) is 1.72. The van der Waals surface area contributed by atoms with Crippen molar-refractivity contribution in [1.82, 2.24) is 10.3 Å². The smallest absolute Gasteiger partial charge is 0.220 e. The maximum atomic E-state index is 12.0. The molecule has 0 unspecified atom stereocenters. The minimum atomic E-state index is -0.107. The lowest BCUT2D eigenvalue weighted by atomic mass is 9.90. The Bertz CT molecular complexity index is 663. The molecule has 0 aliphatic heterocycles. The zero-order valence-electron chi connectivity index (χ0n) is 14.6. The average Bonchev–Trinajstić information content (AvgIpc) is 2.93. The molecule has 24 heavy (non-hydrogen) atoms. The van der Waals surface area contributed by atoms with Crippen LogP contribution in [0.5, 0.6) is 0 Å². The van der Waals surface area contributed by atoms with Crippen molar-refractivity contribution >= 4 is 5.91 Å². The lowest BCUT2D eigenvalue weighted by Gasteiger charge is -2.23. The van der Waals surface area contributed by atoms with Gasteiger partial charge in [-0.2, -0.15) is 0 Å². The van der Waals surface area contributed by atoms with E-state index in [9.17, 15) is 4.79 Å². The molecule has 0 atom stereocenters. The van der Waals surface area contributed by atoms with Gasteiger partial charge in [0.15, 0.2) is 11.7 Å². The molecule has 130 valence electrons. The summed E-state index contributed by atoms with van der Waals surface area (Å²) < 4.78 is 5.81. The van der Waals surface area contributed by atoms with Crippen LogP contribution in [0.3, 0.4) is 0 Å². The van der Waals surface area contributed by atoms with E-state index < -0.39 is 0 Å². The average molecular weight is 330 g/mol. The number of aliphatic hydroxyl groups excluding tert-OH is 1. The third-order valence-electron chi connectivity index (χ3n) is 4.00. The second-order valence-corrected chi connectivity index (χ2v) is 6.80. The van der Waals surface area contributed by atoms with Crippen molar-refractivity contribution in [2.24, 2.45) is 5.41 Å². The molecule has 1 heterocycles. The number of nitrogens with zero attached hydrogens (tertiary/aromatic N) is 1. The number of rotatable bonds is 8. The topological polar surface area (TPSA) is 75.4 Å². The van der Waals surface area contributed by atoms with Gasteiger partial charge < -0.3 is 14.8 Å². The van der Waals surface area contributed by atoms with Crippen LogP contribution in [0.4, 0.5) is 0 Å². The molecule has 5 nitrogen and oxygen atoms in total. The minimum absolute atomic E-state index is 0.0295. The number of oxazole rings is 1. The molecule has 1 aromatic heterocycles. The summed E-state index contributed by atoms with van der Waals surface area (Å²) in [5, 5.41) is 11.9. The molecule has 1 amide bonds. The van der Waals surface area contributed by atoms with E-state index in [1.165, 1.54) is 0 Å². The highest BCUT2D eigenvalue weighted by molar-refractivity contribution is 5.76. The van der Waals surface area contributed by atoms with E-state index in [2.05, 4.69) is 10.3 Å². The molecule has 2 aromatic rings. The molecule has 0 aliphatic rings. The largest absolute Gasteiger partial charge is 0.440 e. The van der Waals surface area contributed by atoms with E-state index in [-0.39, 0.29) is 17.9 Å². The van der Waals surface area contributed by atoms with Gasteiger partial charge in [0.25, 0.3) is 0 Å². The first-order valence-corrected chi connectivity index (χ1v) is 8.30. The molecule has 0 radical (unpaired) electrons. The van der Waals surface area contributed by atoms with Crippen molar-refractivity contribution in [3.8, 4) is 11.3 Å². The molecule has 2 N–H and O–H groups in total. The van der Waals surface area contributed by atoms with Crippen LogP contribution < -0.4 is 5.32 Å². The first-order chi connectivity index (χ1) is 11.4. The molecule has 1 aromatic carbocycles. The Balaban J connectivity index is 1.88. The molecule has 0 spiro atoms. The van der Waals surface area contributed by atoms with Crippen LogP contribution in [-0.4, -0.2) is 29.1 Å². The van der Waals surface area contributed by atoms with Crippen molar-refractivity contribution in [3.05, 3.63) is 41.9 Å². The third-order valence-corrected chi connectivity index (χ3v) is 4.00. The Labute approximate surface area is 143 Å². The number of hydrogen-bond acceptors (Lipinski definition) is 4. The summed E-state index contributed by atoms with van der Waals surface area (Å²) in [6.45, 7) is 6.62. The van der Waals surface area contributed by atoms with E-state index in [4.69, 9.17) is 9.52 Å².